The summed E-state index contributed by atoms with van der Waals surface area (Å²) in [6.07, 6.45) is 0. The van der Waals surface area contributed by atoms with E-state index in [-0.39, 0.29) is 10.0 Å². The zero-order chi connectivity index (χ0) is 22.9. The van der Waals surface area contributed by atoms with Gasteiger partial charge in [0.2, 0.25) is 0 Å². The monoisotopic (exact) mass is 475 g/mol. The molecule has 170 valence electrons. The van der Waals surface area contributed by atoms with Crippen LogP contribution in [-0.4, -0.2) is 40.7 Å². The lowest BCUT2D eigenvalue weighted by molar-refractivity contribution is 0.391. The summed E-state index contributed by atoms with van der Waals surface area (Å²) in [5, 5.41) is 3.49. The maximum atomic E-state index is 13.5. The van der Waals surface area contributed by atoms with Gasteiger partial charge in [0.05, 0.1) is 18.5 Å². The van der Waals surface area contributed by atoms with Crippen LogP contribution in [0.2, 0.25) is 0 Å². The number of ether oxygens (including phenoxy) is 1. The number of methoxy groups -OCH3 is 1. The Morgan fingerprint density at radius 3 is 2.53 bits per heavy atom. The number of nitrogens with zero attached hydrogens (tertiary/aromatic N) is 1. The first kappa shape index (κ1) is 22.6. The van der Waals surface area contributed by atoms with Crippen molar-refractivity contribution in [2.45, 2.75) is 30.1 Å². The van der Waals surface area contributed by atoms with Crippen LogP contribution in [-0.2, 0) is 10.0 Å². The number of benzene rings is 2. The van der Waals surface area contributed by atoms with Crippen LogP contribution in [0.1, 0.15) is 13.8 Å². The summed E-state index contributed by atoms with van der Waals surface area (Å²) in [6.45, 7) is 5.82. The smallest absolute Gasteiger partial charge is 0.271 e. The highest BCUT2D eigenvalue weighted by Gasteiger charge is 2.24. The van der Waals surface area contributed by atoms with Crippen molar-refractivity contribution in [1.29, 1.82) is 0 Å². The molecular formula is C23H26FN3O3S2. The van der Waals surface area contributed by atoms with E-state index < -0.39 is 10.0 Å². The first-order chi connectivity index (χ1) is 15.2. The maximum Gasteiger partial charge on any atom is 0.271 e. The molecular weight excluding hydrogens is 449 g/mol. The quantitative estimate of drug-likeness (QED) is 0.547. The molecule has 1 aliphatic heterocycles. The molecule has 0 spiro atoms. The average molecular weight is 476 g/mol. The Bertz CT molecular complexity index is 1200. The minimum absolute atomic E-state index is 0.165. The highest BCUT2D eigenvalue weighted by Crippen LogP contribution is 2.35. The largest absolute Gasteiger partial charge is 0.495 e. The van der Waals surface area contributed by atoms with E-state index in [2.05, 4.69) is 28.8 Å². The molecule has 4 rings (SSSR count). The van der Waals surface area contributed by atoms with E-state index in [0.29, 0.717) is 34.0 Å². The minimum atomic E-state index is -3.80. The topological polar surface area (TPSA) is 70.7 Å². The van der Waals surface area contributed by atoms with Crippen LogP contribution in [0.4, 0.5) is 15.8 Å². The Morgan fingerprint density at radius 1 is 1.09 bits per heavy atom. The molecule has 32 heavy (non-hydrogen) atoms. The lowest BCUT2D eigenvalue weighted by Crippen LogP contribution is -2.54. The fourth-order valence-electron chi connectivity index (χ4n) is 3.99. The van der Waals surface area contributed by atoms with Crippen molar-refractivity contribution in [3.05, 3.63) is 60.4 Å². The van der Waals surface area contributed by atoms with Crippen LogP contribution in [0.25, 0.3) is 10.4 Å². The van der Waals surface area contributed by atoms with Crippen LogP contribution in [0.3, 0.4) is 0 Å². The van der Waals surface area contributed by atoms with Gasteiger partial charge in [-0.05, 0) is 61.9 Å². The van der Waals surface area contributed by atoms with Crippen molar-refractivity contribution in [3.63, 3.8) is 0 Å². The Hall–Kier alpha value is -2.62. The van der Waals surface area contributed by atoms with Crippen molar-refractivity contribution < 1.29 is 17.5 Å². The van der Waals surface area contributed by atoms with E-state index in [9.17, 15) is 12.8 Å². The third kappa shape index (κ3) is 4.90. The maximum absolute atomic E-state index is 13.5. The van der Waals surface area contributed by atoms with Gasteiger partial charge in [0.1, 0.15) is 15.8 Å². The Morgan fingerprint density at radius 2 is 1.84 bits per heavy atom. The van der Waals surface area contributed by atoms with Gasteiger partial charge in [-0.2, -0.15) is 0 Å². The third-order valence-corrected chi connectivity index (χ3v) is 8.29. The third-order valence-electron chi connectivity index (χ3n) is 5.28. The second kappa shape index (κ2) is 9.09. The van der Waals surface area contributed by atoms with Gasteiger partial charge in [-0.3, -0.25) is 4.72 Å². The van der Waals surface area contributed by atoms with Crippen LogP contribution < -0.4 is 19.7 Å². The molecule has 9 heteroatoms. The van der Waals surface area contributed by atoms with Crippen molar-refractivity contribution >= 4 is 32.7 Å². The highest BCUT2D eigenvalue weighted by molar-refractivity contribution is 7.94. The van der Waals surface area contributed by atoms with E-state index in [0.717, 1.165) is 30.1 Å². The molecule has 1 aromatic heterocycles. The number of anilines is 2. The molecule has 0 amide bonds. The fraction of sp³-hybridized carbons (Fsp3) is 0.304. The highest BCUT2D eigenvalue weighted by atomic mass is 32.2. The second-order valence-corrected chi connectivity index (χ2v) is 11.0. The summed E-state index contributed by atoms with van der Waals surface area (Å²) < 4.78 is 48.0. The molecule has 2 heterocycles. The first-order valence-corrected chi connectivity index (χ1v) is 12.6. The molecule has 1 saturated heterocycles. The number of piperazine rings is 1. The fourth-order valence-corrected chi connectivity index (χ4v) is 6.34. The number of sulfonamides is 1. The number of nitrogens with one attached hydrogen (secondary N) is 2. The van der Waals surface area contributed by atoms with Gasteiger partial charge >= 0.3 is 0 Å². The van der Waals surface area contributed by atoms with Gasteiger partial charge in [-0.1, -0.05) is 12.1 Å². The zero-order valence-electron chi connectivity index (χ0n) is 18.1. The standard InChI is InChI=1S/C23H26FN3O3S2/c1-15-13-27(14-16(2)25-15)20-12-19(7-8-21(20)30-3)26-32(28,29)23-10-9-22(31-23)17-5-4-6-18(24)11-17/h4-12,15-16,25-26H,13-14H2,1-3H3/t15-,16+. The summed E-state index contributed by atoms with van der Waals surface area (Å²) in [6, 6.07) is 15.2. The van der Waals surface area contributed by atoms with Crippen LogP contribution in [0.15, 0.2) is 58.8 Å². The number of thiophene rings is 1. The number of hydrogen-bond acceptors (Lipinski definition) is 6. The Labute approximate surface area is 192 Å². The normalized spacial score (nSPS) is 19.1. The van der Waals surface area contributed by atoms with E-state index in [1.54, 1.807) is 37.4 Å². The number of hydrogen-bond donors (Lipinski definition) is 2. The lowest BCUT2D eigenvalue weighted by atomic mass is 10.1. The Kier molecular flexibility index (Phi) is 6.41. The van der Waals surface area contributed by atoms with E-state index in [4.69, 9.17) is 4.74 Å². The molecule has 0 saturated carbocycles. The van der Waals surface area contributed by atoms with Gasteiger partial charge in [0, 0.05) is 30.1 Å². The molecule has 0 radical (unpaired) electrons. The lowest BCUT2D eigenvalue weighted by Gasteiger charge is -2.38. The Balaban J connectivity index is 1.60. The zero-order valence-corrected chi connectivity index (χ0v) is 19.8. The van der Waals surface area contributed by atoms with Crippen LogP contribution in [0.5, 0.6) is 5.75 Å². The van der Waals surface area contributed by atoms with Gasteiger partial charge in [0.25, 0.3) is 10.0 Å². The van der Waals surface area contributed by atoms with Crippen molar-refractivity contribution in [2.24, 2.45) is 0 Å². The summed E-state index contributed by atoms with van der Waals surface area (Å²) >= 11 is 1.10. The van der Waals surface area contributed by atoms with E-state index >= 15 is 0 Å². The molecule has 2 N–H and O–H groups in total. The summed E-state index contributed by atoms with van der Waals surface area (Å²) in [5.74, 6) is 0.333. The summed E-state index contributed by atoms with van der Waals surface area (Å²) in [4.78, 5) is 2.89. The van der Waals surface area contributed by atoms with Crippen LogP contribution >= 0.6 is 11.3 Å². The van der Waals surface area contributed by atoms with Crippen LogP contribution in [0, 0.1) is 5.82 Å². The van der Waals surface area contributed by atoms with Crippen molar-refractivity contribution in [3.8, 4) is 16.2 Å². The number of halogens is 1. The molecule has 3 aromatic rings. The number of rotatable bonds is 6. The van der Waals surface area contributed by atoms with Crippen molar-refractivity contribution in [1.82, 2.24) is 5.32 Å². The van der Waals surface area contributed by atoms with Gasteiger partial charge < -0.3 is 15.0 Å². The van der Waals surface area contributed by atoms with Gasteiger partial charge in [0.15, 0.2) is 0 Å². The predicted octanol–water partition coefficient (Wildman–Crippen LogP) is 4.55. The molecule has 0 bridgehead atoms. The molecule has 1 fully saturated rings. The van der Waals surface area contributed by atoms with E-state index in [1.807, 2.05) is 6.07 Å². The molecule has 6 nitrogen and oxygen atoms in total. The summed E-state index contributed by atoms with van der Waals surface area (Å²) in [5.41, 5.74) is 1.95. The average Bonchev–Trinajstić information content (AvgIpc) is 3.24. The van der Waals surface area contributed by atoms with Gasteiger partial charge in [-0.15, -0.1) is 11.3 Å². The van der Waals surface area contributed by atoms with E-state index in [1.165, 1.54) is 18.2 Å². The predicted molar refractivity (Wildman–Crippen MR) is 128 cm³/mol. The SMILES string of the molecule is COc1ccc(NS(=O)(=O)c2ccc(-c3cccc(F)c3)s2)cc1N1C[C@@H](C)N[C@@H](C)C1. The molecule has 2 atom stereocenters. The second-order valence-electron chi connectivity index (χ2n) is 7.99. The van der Waals surface area contributed by atoms with Gasteiger partial charge in [-0.25, -0.2) is 12.8 Å². The molecule has 0 aliphatic carbocycles. The molecule has 1 aliphatic rings. The van der Waals surface area contributed by atoms with Crippen molar-refractivity contribution in [2.75, 3.05) is 29.8 Å². The molecule has 0 unspecified atom stereocenters. The minimum Gasteiger partial charge on any atom is -0.495 e. The molecule has 2 aromatic carbocycles. The first-order valence-electron chi connectivity index (χ1n) is 10.3. The summed E-state index contributed by atoms with van der Waals surface area (Å²) in [7, 11) is -2.19.